The number of sulfone groups is 1. The molecule has 1 saturated heterocycles. The highest BCUT2D eigenvalue weighted by Crippen LogP contribution is 2.19. The number of nitrogens with zero attached hydrogens (tertiary/aromatic N) is 2. The largest absolute Gasteiger partial charge is 0.395 e. The molecular formula is C12H17ClN2O3S. The number of aliphatic hydroxyl groups is 1. The summed E-state index contributed by atoms with van der Waals surface area (Å²) in [6.45, 7) is 1.05. The van der Waals surface area contributed by atoms with E-state index in [4.69, 9.17) is 16.7 Å². The van der Waals surface area contributed by atoms with Crippen molar-refractivity contribution in [3.05, 3.63) is 29.0 Å². The summed E-state index contributed by atoms with van der Waals surface area (Å²) >= 11 is 5.73. The molecule has 1 aromatic rings. The van der Waals surface area contributed by atoms with Gasteiger partial charge in [-0.25, -0.2) is 13.4 Å². The molecule has 0 spiro atoms. The average molecular weight is 305 g/mol. The van der Waals surface area contributed by atoms with Crippen LogP contribution in [0.4, 0.5) is 0 Å². The number of rotatable bonds is 5. The molecule has 2 rings (SSSR count). The molecule has 7 heteroatoms. The lowest BCUT2D eigenvalue weighted by Gasteiger charge is -2.27. The molecule has 0 saturated carbocycles. The van der Waals surface area contributed by atoms with Crippen LogP contribution in [0.3, 0.4) is 0 Å². The molecule has 1 fully saturated rings. The highest BCUT2D eigenvalue weighted by molar-refractivity contribution is 7.91. The number of aliphatic hydroxyl groups excluding tert-OH is 1. The summed E-state index contributed by atoms with van der Waals surface area (Å²) in [5, 5.41) is 9.55. The molecule has 106 valence electrons. The maximum atomic E-state index is 11.5. The van der Waals surface area contributed by atoms with Crippen LogP contribution in [0.15, 0.2) is 18.3 Å². The van der Waals surface area contributed by atoms with Crippen LogP contribution >= 0.6 is 11.6 Å². The van der Waals surface area contributed by atoms with Crippen molar-refractivity contribution in [2.24, 2.45) is 0 Å². The van der Waals surface area contributed by atoms with Crippen LogP contribution in [0.5, 0.6) is 0 Å². The summed E-state index contributed by atoms with van der Waals surface area (Å²) in [6.07, 6.45) is 2.31. The van der Waals surface area contributed by atoms with Crippen LogP contribution in [-0.2, 0) is 16.4 Å². The molecule has 0 bridgehead atoms. The van der Waals surface area contributed by atoms with Gasteiger partial charge in [-0.15, -0.1) is 0 Å². The monoisotopic (exact) mass is 304 g/mol. The number of hydrogen-bond acceptors (Lipinski definition) is 5. The lowest BCUT2D eigenvalue weighted by molar-refractivity contribution is 0.153. The molecule has 0 aromatic carbocycles. The van der Waals surface area contributed by atoms with Gasteiger partial charge in [0.15, 0.2) is 9.84 Å². The Bertz CT molecular complexity index is 518. The number of aromatic nitrogens is 1. The third-order valence-electron chi connectivity index (χ3n) is 3.29. The second-order valence-electron chi connectivity index (χ2n) is 4.74. The van der Waals surface area contributed by atoms with Gasteiger partial charge in [-0.3, -0.25) is 4.90 Å². The van der Waals surface area contributed by atoms with E-state index in [-0.39, 0.29) is 24.2 Å². The van der Waals surface area contributed by atoms with Gasteiger partial charge < -0.3 is 5.11 Å². The van der Waals surface area contributed by atoms with Crippen molar-refractivity contribution >= 4 is 21.4 Å². The van der Waals surface area contributed by atoms with E-state index in [1.807, 2.05) is 11.0 Å². The minimum atomic E-state index is -2.92. The average Bonchev–Trinajstić information content (AvgIpc) is 2.72. The Morgan fingerprint density at radius 2 is 2.26 bits per heavy atom. The van der Waals surface area contributed by atoms with Crippen LogP contribution in [0.25, 0.3) is 0 Å². The van der Waals surface area contributed by atoms with Gasteiger partial charge in [-0.2, -0.15) is 0 Å². The van der Waals surface area contributed by atoms with Gasteiger partial charge in [0.25, 0.3) is 0 Å². The topological polar surface area (TPSA) is 70.5 Å². The minimum absolute atomic E-state index is 0.0115. The standard InChI is InChI=1S/C12H17ClN2O3S/c13-12-2-1-10(7-14-12)8-15(4-5-16)11-3-6-19(17,18)9-11/h1-2,7,11,16H,3-6,8-9H2. The van der Waals surface area contributed by atoms with E-state index in [2.05, 4.69) is 4.98 Å². The zero-order valence-corrected chi connectivity index (χ0v) is 12.1. The first kappa shape index (κ1) is 14.7. The van der Waals surface area contributed by atoms with Gasteiger partial charge in [0, 0.05) is 25.3 Å². The zero-order chi connectivity index (χ0) is 13.9. The van der Waals surface area contributed by atoms with E-state index in [9.17, 15) is 8.42 Å². The molecule has 1 aromatic heterocycles. The Morgan fingerprint density at radius 3 is 2.79 bits per heavy atom. The van der Waals surface area contributed by atoms with E-state index < -0.39 is 9.84 Å². The van der Waals surface area contributed by atoms with Gasteiger partial charge in [-0.05, 0) is 18.1 Å². The molecule has 1 unspecified atom stereocenters. The predicted molar refractivity (Wildman–Crippen MR) is 73.8 cm³/mol. The second kappa shape index (κ2) is 6.17. The van der Waals surface area contributed by atoms with E-state index in [0.717, 1.165) is 5.56 Å². The zero-order valence-electron chi connectivity index (χ0n) is 10.5. The van der Waals surface area contributed by atoms with E-state index in [1.54, 1.807) is 12.3 Å². The first-order valence-corrected chi connectivity index (χ1v) is 8.36. The van der Waals surface area contributed by atoms with Crippen molar-refractivity contribution < 1.29 is 13.5 Å². The van der Waals surface area contributed by atoms with Crippen LogP contribution in [0, 0.1) is 0 Å². The molecule has 1 atom stereocenters. The molecule has 2 heterocycles. The Kier molecular flexibility index (Phi) is 4.78. The summed E-state index contributed by atoms with van der Waals surface area (Å²) in [5.41, 5.74) is 0.960. The van der Waals surface area contributed by atoms with Crippen molar-refractivity contribution in [3.63, 3.8) is 0 Å². The fraction of sp³-hybridized carbons (Fsp3) is 0.583. The summed E-state index contributed by atoms with van der Waals surface area (Å²) in [4.78, 5) is 6.00. The lowest BCUT2D eigenvalue weighted by Crippen LogP contribution is -2.37. The first-order chi connectivity index (χ1) is 9.00. The fourth-order valence-corrected chi connectivity index (χ4v) is 4.19. The van der Waals surface area contributed by atoms with Crippen LogP contribution in [0.1, 0.15) is 12.0 Å². The Hall–Kier alpha value is -0.690. The van der Waals surface area contributed by atoms with Crippen molar-refractivity contribution in [2.45, 2.75) is 19.0 Å². The van der Waals surface area contributed by atoms with E-state index >= 15 is 0 Å². The van der Waals surface area contributed by atoms with Gasteiger partial charge in [-0.1, -0.05) is 17.7 Å². The summed E-state index contributed by atoms with van der Waals surface area (Å²) in [5.74, 6) is 0.409. The number of hydrogen-bond donors (Lipinski definition) is 1. The van der Waals surface area contributed by atoms with Gasteiger partial charge >= 0.3 is 0 Å². The van der Waals surface area contributed by atoms with Crippen molar-refractivity contribution in [2.75, 3.05) is 24.7 Å². The molecule has 19 heavy (non-hydrogen) atoms. The summed E-state index contributed by atoms with van der Waals surface area (Å²) in [7, 11) is -2.92. The fourth-order valence-electron chi connectivity index (χ4n) is 2.32. The van der Waals surface area contributed by atoms with Gasteiger partial charge in [0.2, 0.25) is 0 Å². The third kappa shape index (κ3) is 4.14. The molecular weight excluding hydrogens is 288 g/mol. The van der Waals surface area contributed by atoms with Gasteiger partial charge in [0.1, 0.15) is 5.15 Å². The lowest BCUT2D eigenvalue weighted by atomic mass is 10.2. The predicted octanol–water partition coefficient (Wildman–Crippen LogP) is 0.716. The Morgan fingerprint density at radius 1 is 1.47 bits per heavy atom. The number of halogens is 1. The minimum Gasteiger partial charge on any atom is -0.395 e. The molecule has 0 radical (unpaired) electrons. The van der Waals surface area contributed by atoms with Crippen molar-refractivity contribution in [1.82, 2.24) is 9.88 Å². The molecule has 0 amide bonds. The summed E-state index contributed by atoms with van der Waals surface area (Å²) in [6, 6.07) is 3.55. The van der Waals surface area contributed by atoms with Crippen LogP contribution < -0.4 is 0 Å². The second-order valence-corrected chi connectivity index (χ2v) is 7.36. The van der Waals surface area contributed by atoms with E-state index in [1.165, 1.54) is 0 Å². The quantitative estimate of drug-likeness (QED) is 0.812. The first-order valence-electron chi connectivity index (χ1n) is 6.16. The van der Waals surface area contributed by atoms with Crippen LogP contribution in [0.2, 0.25) is 5.15 Å². The molecule has 5 nitrogen and oxygen atoms in total. The molecule has 1 N–H and O–H groups in total. The summed E-state index contributed by atoms with van der Waals surface area (Å²) < 4.78 is 23.1. The van der Waals surface area contributed by atoms with Crippen molar-refractivity contribution in [1.29, 1.82) is 0 Å². The third-order valence-corrected chi connectivity index (χ3v) is 5.26. The number of pyridine rings is 1. The highest BCUT2D eigenvalue weighted by atomic mass is 35.5. The van der Waals surface area contributed by atoms with Crippen molar-refractivity contribution in [3.8, 4) is 0 Å². The molecule has 1 aliphatic rings. The van der Waals surface area contributed by atoms with Gasteiger partial charge in [0.05, 0.1) is 18.1 Å². The Balaban J connectivity index is 2.06. The Labute approximate surface area is 118 Å². The molecule has 1 aliphatic heterocycles. The van der Waals surface area contributed by atoms with Crippen LogP contribution in [-0.4, -0.2) is 54.1 Å². The SMILES string of the molecule is O=S1(=O)CCC(N(CCO)Cc2ccc(Cl)nc2)C1. The smallest absolute Gasteiger partial charge is 0.151 e. The van der Waals surface area contributed by atoms with E-state index in [0.29, 0.717) is 24.7 Å². The normalized spacial score (nSPS) is 21.9. The maximum absolute atomic E-state index is 11.5. The maximum Gasteiger partial charge on any atom is 0.151 e. The molecule has 0 aliphatic carbocycles. The highest BCUT2D eigenvalue weighted by Gasteiger charge is 2.31.